The van der Waals surface area contributed by atoms with E-state index in [1.807, 2.05) is 0 Å². The van der Waals surface area contributed by atoms with Crippen LogP contribution in [-0.4, -0.2) is 41.1 Å². The molecule has 0 bridgehead atoms. The molecule has 3 rings (SSSR count). The van der Waals surface area contributed by atoms with Crippen LogP contribution in [0.2, 0.25) is 5.02 Å². The number of aliphatic hydroxyl groups excluding tert-OH is 1. The first-order chi connectivity index (χ1) is 11.0. The van der Waals surface area contributed by atoms with Crippen LogP contribution in [0.3, 0.4) is 0 Å². The van der Waals surface area contributed by atoms with E-state index >= 15 is 0 Å². The number of likely N-dealkylation sites (tertiary alicyclic amines) is 1. The van der Waals surface area contributed by atoms with E-state index in [2.05, 4.69) is 0 Å². The van der Waals surface area contributed by atoms with Gasteiger partial charge in [0.1, 0.15) is 18.5 Å². The highest BCUT2D eigenvalue weighted by atomic mass is 35.5. The first kappa shape index (κ1) is 16.3. The van der Waals surface area contributed by atoms with Crippen LogP contribution in [0.5, 0.6) is 5.75 Å². The molecule has 1 saturated carbocycles. The van der Waals surface area contributed by atoms with E-state index in [0.717, 1.165) is 25.7 Å². The van der Waals surface area contributed by atoms with Crippen molar-refractivity contribution in [2.24, 2.45) is 5.41 Å². The summed E-state index contributed by atoms with van der Waals surface area (Å²) in [5, 5.41) is 10.7. The lowest BCUT2D eigenvalue weighted by Crippen LogP contribution is -2.41. The predicted octanol–water partition coefficient (Wildman–Crippen LogP) is 2.40. The third-order valence-electron chi connectivity index (χ3n) is 4.70. The molecule has 2 aliphatic rings. The molecule has 1 atom stereocenters. The maximum absolute atomic E-state index is 12.5. The van der Waals surface area contributed by atoms with E-state index in [-0.39, 0.29) is 31.4 Å². The summed E-state index contributed by atoms with van der Waals surface area (Å²) in [7, 11) is 0. The van der Waals surface area contributed by atoms with Crippen LogP contribution in [0.4, 0.5) is 0 Å². The lowest BCUT2D eigenvalue weighted by Gasteiger charge is -2.22. The Morgan fingerprint density at radius 3 is 2.52 bits per heavy atom. The van der Waals surface area contributed by atoms with Crippen molar-refractivity contribution < 1.29 is 19.4 Å². The molecule has 1 aliphatic carbocycles. The van der Waals surface area contributed by atoms with Crippen molar-refractivity contribution in [1.82, 2.24) is 4.90 Å². The summed E-state index contributed by atoms with van der Waals surface area (Å²) in [6.07, 6.45) is 2.94. The second-order valence-corrected chi connectivity index (χ2v) is 6.83. The molecule has 1 N–H and O–H groups in total. The molecule has 124 valence electrons. The van der Waals surface area contributed by atoms with Gasteiger partial charge in [-0.15, -0.1) is 0 Å². The third kappa shape index (κ3) is 3.35. The van der Waals surface area contributed by atoms with Gasteiger partial charge in [-0.2, -0.15) is 0 Å². The molecular weight excluding hydrogens is 318 g/mol. The number of aliphatic hydroxyl groups is 1. The average molecular weight is 338 g/mol. The molecule has 23 heavy (non-hydrogen) atoms. The second-order valence-electron chi connectivity index (χ2n) is 6.39. The van der Waals surface area contributed by atoms with Crippen LogP contribution < -0.4 is 4.74 Å². The highest BCUT2D eigenvalue weighted by molar-refractivity contribution is 6.30. The van der Waals surface area contributed by atoms with Crippen molar-refractivity contribution in [3.8, 4) is 5.75 Å². The summed E-state index contributed by atoms with van der Waals surface area (Å²) in [6.45, 7) is 0.0126. The number of β-amino-alcohol motifs (C(OH)–C–C–N with tert-alkyl or cyclic N) is 1. The molecule has 5 nitrogen and oxygen atoms in total. The fraction of sp³-hybridized carbons (Fsp3) is 0.529. The van der Waals surface area contributed by atoms with Gasteiger partial charge in [-0.1, -0.05) is 24.4 Å². The van der Waals surface area contributed by atoms with E-state index in [4.69, 9.17) is 16.3 Å². The Bertz CT molecular complexity index is 595. The van der Waals surface area contributed by atoms with Crippen molar-refractivity contribution >= 4 is 23.4 Å². The number of carbonyl (C=O) groups excluding carboxylic acids is 2. The topological polar surface area (TPSA) is 66.8 Å². The molecule has 2 amide bonds. The van der Waals surface area contributed by atoms with Gasteiger partial charge in [0.25, 0.3) is 0 Å². The number of imide groups is 1. The number of halogens is 1. The zero-order valence-electron chi connectivity index (χ0n) is 12.8. The Balaban J connectivity index is 1.55. The first-order valence-corrected chi connectivity index (χ1v) is 8.29. The summed E-state index contributed by atoms with van der Waals surface area (Å²) in [5.74, 6) is 0.285. The van der Waals surface area contributed by atoms with Gasteiger partial charge < -0.3 is 9.84 Å². The van der Waals surface area contributed by atoms with Crippen molar-refractivity contribution in [3.05, 3.63) is 29.3 Å². The maximum atomic E-state index is 12.5. The minimum absolute atomic E-state index is 0.00694. The van der Waals surface area contributed by atoms with Gasteiger partial charge in [0.2, 0.25) is 11.8 Å². The average Bonchev–Trinajstić information content (AvgIpc) is 3.08. The van der Waals surface area contributed by atoms with Gasteiger partial charge in [-0.3, -0.25) is 14.5 Å². The summed E-state index contributed by atoms with van der Waals surface area (Å²) in [4.78, 5) is 25.9. The minimum atomic E-state index is -0.907. The van der Waals surface area contributed by atoms with E-state index < -0.39 is 11.5 Å². The second kappa shape index (κ2) is 6.49. The molecule has 0 radical (unpaired) electrons. The van der Waals surface area contributed by atoms with Crippen LogP contribution >= 0.6 is 11.6 Å². The van der Waals surface area contributed by atoms with E-state index in [1.54, 1.807) is 24.3 Å². The number of rotatable bonds is 5. The smallest absolute Gasteiger partial charge is 0.235 e. The quantitative estimate of drug-likeness (QED) is 0.838. The van der Waals surface area contributed by atoms with Crippen molar-refractivity contribution in [2.75, 3.05) is 13.2 Å². The number of benzene rings is 1. The van der Waals surface area contributed by atoms with E-state index in [0.29, 0.717) is 10.8 Å². The number of amides is 2. The highest BCUT2D eigenvalue weighted by Crippen LogP contribution is 2.46. The van der Waals surface area contributed by atoms with E-state index in [9.17, 15) is 14.7 Å². The molecule has 1 aromatic carbocycles. The molecule has 2 fully saturated rings. The Morgan fingerprint density at radius 2 is 1.87 bits per heavy atom. The maximum Gasteiger partial charge on any atom is 0.235 e. The summed E-state index contributed by atoms with van der Waals surface area (Å²) < 4.78 is 5.46. The number of hydrogen-bond acceptors (Lipinski definition) is 4. The SMILES string of the molecule is O=C1CC2(CCCC2)C(=O)N1C[C@H](O)COc1ccc(Cl)cc1. The van der Waals surface area contributed by atoms with Gasteiger partial charge >= 0.3 is 0 Å². The van der Waals surface area contributed by atoms with Gasteiger partial charge in [-0.05, 0) is 37.1 Å². The van der Waals surface area contributed by atoms with Gasteiger partial charge in [0.15, 0.2) is 0 Å². The van der Waals surface area contributed by atoms with Crippen LogP contribution in [0.1, 0.15) is 32.1 Å². The number of nitrogens with zero attached hydrogens (tertiary/aromatic N) is 1. The highest BCUT2D eigenvalue weighted by Gasteiger charge is 2.52. The molecule has 1 spiro atoms. The van der Waals surface area contributed by atoms with Crippen LogP contribution in [0.15, 0.2) is 24.3 Å². The number of hydrogen-bond donors (Lipinski definition) is 1. The Kier molecular flexibility index (Phi) is 4.60. The van der Waals surface area contributed by atoms with Crippen LogP contribution in [0.25, 0.3) is 0 Å². The minimum Gasteiger partial charge on any atom is -0.491 e. The molecule has 1 heterocycles. The fourth-order valence-corrected chi connectivity index (χ4v) is 3.60. The monoisotopic (exact) mass is 337 g/mol. The standard InChI is InChI=1S/C17H20ClNO4/c18-12-3-5-14(6-4-12)23-11-13(20)10-19-15(21)9-17(16(19)22)7-1-2-8-17/h3-6,13,20H,1-2,7-11H2/t13-/m0/s1. The van der Waals surface area contributed by atoms with Gasteiger partial charge in [0.05, 0.1) is 12.0 Å². The summed E-state index contributed by atoms with van der Waals surface area (Å²) in [5.41, 5.74) is -0.492. The van der Waals surface area contributed by atoms with Crippen molar-refractivity contribution in [3.63, 3.8) is 0 Å². The zero-order valence-corrected chi connectivity index (χ0v) is 13.6. The molecule has 1 aliphatic heterocycles. The van der Waals surface area contributed by atoms with E-state index in [1.165, 1.54) is 4.90 Å². The van der Waals surface area contributed by atoms with Crippen LogP contribution in [0, 0.1) is 5.41 Å². The zero-order chi connectivity index (χ0) is 16.4. The first-order valence-electron chi connectivity index (χ1n) is 7.91. The molecule has 1 aromatic rings. The largest absolute Gasteiger partial charge is 0.491 e. The summed E-state index contributed by atoms with van der Waals surface area (Å²) in [6, 6.07) is 6.80. The molecular formula is C17H20ClNO4. The van der Waals surface area contributed by atoms with Crippen LogP contribution in [-0.2, 0) is 9.59 Å². The normalized spacial score (nSPS) is 21.2. The molecule has 6 heteroatoms. The Hall–Kier alpha value is -1.59. The lowest BCUT2D eigenvalue weighted by molar-refractivity contribution is -0.143. The molecule has 0 aromatic heterocycles. The molecule has 0 unspecified atom stereocenters. The number of ether oxygens (including phenoxy) is 1. The fourth-order valence-electron chi connectivity index (χ4n) is 3.47. The lowest BCUT2D eigenvalue weighted by atomic mass is 9.84. The Morgan fingerprint density at radius 1 is 1.22 bits per heavy atom. The third-order valence-corrected chi connectivity index (χ3v) is 4.95. The summed E-state index contributed by atoms with van der Waals surface area (Å²) >= 11 is 5.79. The van der Waals surface area contributed by atoms with Crippen molar-refractivity contribution in [1.29, 1.82) is 0 Å². The number of carbonyl (C=O) groups is 2. The van der Waals surface area contributed by atoms with Gasteiger partial charge in [0, 0.05) is 11.4 Å². The Labute approximate surface area is 140 Å². The predicted molar refractivity (Wildman–Crippen MR) is 85.2 cm³/mol. The molecule has 1 saturated heterocycles. The van der Waals surface area contributed by atoms with Crippen molar-refractivity contribution in [2.45, 2.75) is 38.2 Å². The van der Waals surface area contributed by atoms with Gasteiger partial charge in [-0.25, -0.2) is 0 Å².